The van der Waals surface area contributed by atoms with Gasteiger partial charge >= 0.3 is 0 Å². The van der Waals surface area contributed by atoms with Gasteiger partial charge in [-0.05, 0) is 31.0 Å². The summed E-state index contributed by atoms with van der Waals surface area (Å²) < 4.78 is 0. The van der Waals surface area contributed by atoms with Crippen molar-refractivity contribution in [1.82, 2.24) is 9.97 Å². The van der Waals surface area contributed by atoms with Crippen LogP contribution in [0, 0.1) is 6.92 Å². The van der Waals surface area contributed by atoms with E-state index in [0.29, 0.717) is 5.15 Å². The summed E-state index contributed by atoms with van der Waals surface area (Å²) in [5.74, 6) is 1.79. The molecule has 1 heterocycles. The first-order valence-electron chi connectivity index (χ1n) is 7.41. The highest BCUT2D eigenvalue weighted by atomic mass is 35.5. The van der Waals surface area contributed by atoms with Gasteiger partial charge in [-0.2, -0.15) is 0 Å². The number of halogens is 1. The number of aromatic nitrogens is 2. The molecule has 3 nitrogen and oxygen atoms in total. The van der Waals surface area contributed by atoms with E-state index in [1.54, 1.807) is 0 Å². The highest BCUT2D eigenvalue weighted by Gasteiger charge is 2.12. The predicted molar refractivity (Wildman–Crippen MR) is 89.6 cm³/mol. The molecule has 0 aliphatic rings. The van der Waals surface area contributed by atoms with Gasteiger partial charge in [-0.25, -0.2) is 9.97 Å². The van der Waals surface area contributed by atoms with Crippen molar-refractivity contribution in [3.8, 4) is 0 Å². The first-order valence-corrected chi connectivity index (χ1v) is 7.79. The van der Waals surface area contributed by atoms with Crippen molar-refractivity contribution in [2.24, 2.45) is 0 Å². The van der Waals surface area contributed by atoms with Gasteiger partial charge in [0.15, 0.2) is 0 Å². The Morgan fingerprint density at radius 2 is 1.81 bits per heavy atom. The Morgan fingerprint density at radius 3 is 2.38 bits per heavy atom. The number of nitrogens with one attached hydrogen (secondary N) is 1. The quantitative estimate of drug-likeness (QED) is 0.766. The molecule has 0 aliphatic heterocycles. The molecule has 0 saturated heterocycles. The Kier molecular flexibility index (Phi) is 5.18. The molecule has 1 aromatic carbocycles. The number of nitrogens with zero attached hydrogens (tertiary/aromatic N) is 2. The van der Waals surface area contributed by atoms with Crippen LogP contribution in [0.25, 0.3) is 0 Å². The zero-order chi connectivity index (χ0) is 15.4. The second-order valence-corrected chi connectivity index (χ2v) is 5.93. The lowest BCUT2D eigenvalue weighted by Gasteiger charge is -2.13. The van der Waals surface area contributed by atoms with Gasteiger partial charge in [-0.15, -0.1) is 0 Å². The van der Waals surface area contributed by atoms with Crippen molar-refractivity contribution < 1.29 is 0 Å². The lowest BCUT2D eigenvalue weighted by molar-refractivity contribution is 0.773. The van der Waals surface area contributed by atoms with Crippen LogP contribution in [-0.4, -0.2) is 9.97 Å². The smallest absolute Gasteiger partial charge is 0.138 e. The number of benzene rings is 1. The van der Waals surface area contributed by atoms with Crippen LogP contribution >= 0.6 is 11.6 Å². The molecule has 1 N–H and O–H groups in total. The summed E-state index contributed by atoms with van der Waals surface area (Å²) in [5, 5.41) is 3.85. The van der Waals surface area contributed by atoms with Gasteiger partial charge in [0.05, 0.1) is 0 Å². The van der Waals surface area contributed by atoms with Crippen LogP contribution in [0.4, 0.5) is 11.5 Å². The molecular formula is C17H22ClN3. The lowest BCUT2D eigenvalue weighted by atomic mass is 10.1. The SMILES string of the molecule is CCCc1ccc(Nc2nc(C(C)C)nc(Cl)c2C)cc1. The minimum Gasteiger partial charge on any atom is -0.340 e. The average molecular weight is 304 g/mol. The van der Waals surface area contributed by atoms with Crippen LogP contribution in [-0.2, 0) is 6.42 Å². The highest BCUT2D eigenvalue weighted by molar-refractivity contribution is 6.30. The summed E-state index contributed by atoms with van der Waals surface area (Å²) >= 11 is 6.20. The Labute approximate surface area is 131 Å². The van der Waals surface area contributed by atoms with E-state index in [0.717, 1.165) is 35.7 Å². The van der Waals surface area contributed by atoms with Crippen LogP contribution in [0.2, 0.25) is 5.15 Å². The van der Waals surface area contributed by atoms with Crippen LogP contribution < -0.4 is 5.32 Å². The molecule has 112 valence electrons. The van der Waals surface area contributed by atoms with Gasteiger partial charge in [-0.3, -0.25) is 0 Å². The number of hydrogen-bond acceptors (Lipinski definition) is 3. The molecule has 0 bridgehead atoms. The normalized spacial score (nSPS) is 11.0. The van der Waals surface area contributed by atoms with E-state index in [1.807, 2.05) is 6.92 Å². The number of rotatable bonds is 5. The van der Waals surface area contributed by atoms with Gasteiger partial charge in [0.2, 0.25) is 0 Å². The van der Waals surface area contributed by atoms with Gasteiger partial charge in [0.1, 0.15) is 16.8 Å². The second-order valence-electron chi connectivity index (χ2n) is 5.57. The summed E-state index contributed by atoms with van der Waals surface area (Å²) in [6, 6.07) is 8.45. The third-order valence-electron chi connectivity index (χ3n) is 3.38. The largest absolute Gasteiger partial charge is 0.340 e. The third kappa shape index (κ3) is 3.94. The van der Waals surface area contributed by atoms with E-state index >= 15 is 0 Å². The summed E-state index contributed by atoms with van der Waals surface area (Å²) in [4.78, 5) is 8.91. The first kappa shape index (κ1) is 15.8. The van der Waals surface area contributed by atoms with Crippen molar-refractivity contribution >= 4 is 23.1 Å². The van der Waals surface area contributed by atoms with Crippen molar-refractivity contribution in [1.29, 1.82) is 0 Å². The zero-order valence-corrected chi connectivity index (χ0v) is 13.8. The van der Waals surface area contributed by atoms with Crippen molar-refractivity contribution in [2.45, 2.75) is 46.5 Å². The van der Waals surface area contributed by atoms with Gasteiger partial charge < -0.3 is 5.32 Å². The predicted octanol–water partition coefficient (Wildman–Crippen LogP) is 5.26. The second kappa shape index (κ2) is 6.90. The van der Waals surface area contributed by atoms with Gasteiger partial charge in [-0.1, -0.05) is 50.9 Å². The molecule has 0 fully saturated rings. The van der Waals surface area contributed by atoms with Crippen LogP contribution in [0.15, 0.2) is 24.3 Å². The minimum absolute atomic E-state index is 0.246. The Hall–Kier alpha value is -1.61. The summed E-state index contributed by atoms with van der Waals surface area (Å²) in [6.45, 7) is 8.24. The summed E-state index contributed by atoms with van der Waals surface area (Å²) in [7, 11) is 0. The number of anilines is 2. The fraction of sp³-hybridized carbons (Fsp3) is 0.412. The zero-order valence-electron chi connectivity index (χ0n) is 13.1. The Morgan fingerprint density at radius 1 is 1.14 bits per heavy atom. The Bertz CT molecular complexity index is 606. The molecule has 0 spiro atoms. The molecule has 2 aromatic rings. The fourth-order valence-corrected chi connectivity index (χ4v) is 2.24. The highest BCUT2D eigenvalue weighted by Crippen LogP contribution is 2.25. The maximum Gasteiger partial charge on any atom is 0.138 e. The van der Waals surface area contributed by atoms with Crippen molar-refractivity contribution in [3.63, 3.8) is 0 Å². The molecule has 0 saturated carbocycles. The van der Waals surface area contributed by atoms with E-state index in [4.69, 9.17) is 11.6 Å². The summed E-state index contributed by atoms with van der Waals surface area (Å²) in [5.41, 5.74) is 3.24. The maximum atomic E-state index is 6.20. The minimum atomic E-state index is 0.246. The van der Waals surface area contributed by atoms with Crippen LogP contribution in [0.3, 0.4) is 0 Å². The molecule has 4 heteroatoms. The molecule has 21 heavy (non-hydrogen) atoms. The standard InChI is InChI=1S/C17H22ClN3/c1-5-6-13-7-9-14(10-8-13)19-17-12(4)15(18)20-16(21-17)11(2)3/h7-11H,5-6H2,1-4H3,(H,19,20,21). The number of aryl methyl sites for hydroxylation is 1. The van der Waals surface area contributed by atoms with Crippen LogP contribution in [0.1, 0.15) is 50.1 Å². The van der Waals surface area contributed by atoms with E-state index in [-0.39, 0.29) is 5.92 Å². The molecular weight excluding hydrogens is 282 g/mol. The molecule has 0 radical (unpaired) electrons. The maximum absolute atomic E-state index is 6.20. The molecule has 0 aliphatic carbocycles. The number of hydrogen-bond donors (Lipinski definition) is 1. The lowest BCUT2D eigenvalue weighted by Crippen LogP contribution is -2.05. The molecule has 2 rings (SSSR count). The van der Waals surface area contributed by atoms with Gasteiger partial charge in [0.25, 0.3) is 0 Å². The summed E-state index contributed by atoms with van der Waals surface area (Å²) in [6.07, 6.45) is 2.27. The molecule has 0 amide bonds. The van der Waals surface area contributed by atoms with E-state index < -0.39 is 0 Å². The molecule has 0 atom stereocenters. The Balaban J connectivity index is 2.26. The van der Waals surface area contributed by atoms with Crippen LogP contribution in [0.5, 0.6) is 0 Å². The monoisotopic (exact) mass is 303 g/mol. The molecule has 1 aromatic heterocycles. The fourth-order valence-electron chi connectivity index (χ4n) is 2.07. The van der Waals surface area contributed by atoms with Crippen molar-refractivity contribution in [3.05, 3.63) is 46.4 Å². The third-order valence-corrected chi connectivity index (χ3v) is 3.74. The van der Waals surface area contributed by atoms with E-state index in [9.17, 15) is 0 Å². The average Bonchev–Trinajstić information content (AvgIpc) is 2.45. The first-order chi connectivity index (χ1) is 10.0. The van der Waals surface area contributed by atoms with Gasteiger partial charge in [0, 0.05) is 17.2 Å². The molecule has 0 unspecified atom stereocenters. The van der Waals surface area contributed by atoms with E-state index in [2.05, 4.69) is 60.3 Å². The topological polar surface area (TPSA) is 37.8 Å². The van der Waals surface area contributed by atoms with E-state index in [1.165, 1.54) is 5.56 Å². The van der Waals surface area contributed by atoms with Crippen molar-refractivity contribution in [2.75, 3.05) is 5.32 Å².